The molecule has 0 spiro atoms. The number of aromatic nitrogens is 2. The number of anilines is 1. The summed E-state index contributed by atoms with van der Waals surface area (Å²) in [6.45, 7) is 8.76. The predicted molar refractivity (Wildman–Crippen MR) is 121 cm³/mol. The highest BCUT2D eigenvalue weighted by atomic mass is 16.5. The van der Waals surface area contributed by atoms with Gasteiger partial charge in [0.25, 0.3) is 0 Å². The average molecular weight is 420 g/mol. The van der Waals surface area contributed by atoms with Crippen LogP contribution in [-0.2, 0) is 14.3 Å². The molecule has 0 N–H and O–H groups in total. The Morgan fingerprint density at radius 1 is 1.16 bits per heavy atom. The Labute approximate surface area is 182 Å². The number of amides is 1. The standard InChI is InChI=1S/C25H29N3O3/c1-5-31-24(30)21-22(18-10-8-9-17(4)15-18)28-20-12-7-6-11-19(20)26-25(28)27(23(21)29)14-13-16(2)3/h6-12,15-16,21-22H,5,13-14H2,1-4H3/t21-,22-/m1/s1. The maximum absolute atomic E-state index is 13.7. The van der Waals surface area contributed by atoms with Crippen LogP contribution < -0.4 is 4.90 Å². The number of carbonyl (C=O) groups is 2. The van der Waals surface area contributed by atoms with Gasteiger partial charge in [0.1, 0.15) is 0 Å². The predicted octanol–water partition coefficient (Wildman–Crippen LogP) is 4.51. The lowest BCUT2D eigenvalue weighted by Crippen LogP contribution is -2.50. The Bertz CT molecular complexity index is 1120. The quantitative estimate of drug-likeness (QED) is 0.436. The average Bonchev–Trinajstić information content (AvgIpc) is 3.11. The number of hydrogen-bond donors (Lipinski definition) is 0. The van der Waals surface area contributed by atoms with Crippen LogP contribution in [0.4, 0.5) is 5.95 Å². The lowest BCUT2D eigenvalue weighted by Gasteiger charge is -2.38. The number of hydrogen-bond acceptors (Lipinski definition) is 4. The van der Waals surface area contributed by atoms with Crippen LogP contribution in [-0.4, -0.2) is 34.6 Å². The first-order valence-electron chi connectivity index (χ1n) is 10.9. The fraction of sp³-hybridized carbons (Fsp3) is 0.400. The van der Waals surface area contributed by atoms with Gasteiger partial charge >= 0.3 is 5.97 Å². The number of nitrogens with zero attached hydrogens (tertiary/aromatic N) is 3. The van der Waals surface area contributed by atoms with Gasteiger partial charge in [-0.3, -0.25) is 14.5 Å². The molecule has 3 aromatic rings. The van der Waals surface area contributed by atoms with Crippen molar-refractivity contribution in [2.24, 2.45) is 11.8 Å². The van der Waals surface area contributed by atoms with E-state index in [1.54, 1.807) is 11.8 Å². The Balaban J connectivity index is 1.97. The number of fused-ring (bicyclic) bond motifs is 3. The first-order valence-corrected chi connectivity index (χ1v) is 10.9. The molecule has 162 valence electrons. The monoisotopic (exact) mass is 419 g/mol. The van der Waals surface area contributed by atoms with E-state index in [0.717, 1.165) is 28.6 Å². The van der Waals surface area contributed by atoms with Gasteiger partial charge in [-0.05, 0) is 43.9 Å². The van der Waals surface area contributed by atoms with E-state index < -0.39 is 17.9 Å². The number of imidazole rings is 1. The first kappa shape index (κ1) is 21.1. The Morgan fingerprint density at radius 3 is 2.65 bits per heavy atom. The molecule has 2 atom stereocenters. The smallest absolute Gasteiger partial charge is 0.321 e. The number of benzene rings is 2. The van der Waals surface area contributed by atoms with E-state index in [-0.39, 0.29) is 12.5 Å². The van der Waals surface area contributed by atoms with Crippen molar-refractivity contribution in [1.82, 2.24) is 9.55 Å². The molecule has 0 saturated carbocycles. The molecule has 0 aliphatic carbocycles. The molecule has 0 unspecified atom stereocenters. The SMILES string of the molecule is CCOC(=O)[C@H]1C(=O)N(CCC(C)C)c2nc3ccccc3n2[C@@H]1c1cccc(C)c1. The Kier molecular flexibility index (Phi) is 5.81. The van der Waals surface area contributed by atoms with Crippen molar-refractivity contribution in [3.8, 4) is 0 Å². The van der Waals surface area contributed by atoms with Crippen LogP contribution in [0.25, 0.3) is 11.0 Å². The Morgan fingerprint density at radius 2 is 1.94 bits per heavy atom. The number of ether oxygens (including phenoxy) is 1. The summed E-state index contributed by atoms with van der Waals surface area (Å²) >= 11 is 0. The van der Waals surface area contributed by atoms with E-state index in [9.17, 15) is 9.59 Å². The number of carbonyl (C=O) groups excluding carboxylic acids is 2. The molecule has 0 fully saturated rings. The molecule has 0 bridgehead atoms. The molecule has 31 heavy (non-hydrogen) atoms. The largest absolute Gasteiger partial charge is 0.465 e. The van der Waals surface area contributed by atoms with Gasteiger partial charge in [-0.15, -0.1) is 0 Å². The minimum absolute atomic E-state index is 0.229. The highest BCUT2D eigenvalue weighted by molar-refractivity contribution is 6.08. The van der Waals surface area contributed by atoms with E-state index >= 15 is 0 Å². The van der Waals surface area contributed by atoms with Crippen LogP contribution in [0.5, 0.6) is 0 Å². The van der Waals surface area contributed by atoms with Gasteiger partial charge in [-0.25, -0.2) is 4.98 Å². The maximum atomic E-state index is 13.7. The second-order valence-electron chi connectivity index (χ2n) is 8.53. The summed E-state index contributed by atoms with van der Waals surface area (Å²) in [6, 6.07) is 15.3. The molecule has 1 aliphatic rings. The summed E-state index contributed by atoms with van der Waals surface area (Å²) in [6.07, 6.45) is 0.819. The number of para-hydroxylation sites is 2. The second-order valence-corrected chi connectivity index (χ2v) is 8.53. The zero-order valence-corrected chi connectivity index (χ0v) is 18.5. The molecule has 2 heterocycles. The van der Waals surface area contributed by atoms with Crippen molar-refractivity contribution in [2.75, 3.05) is 18.1 Å². The maximum Gasteiger partial charge on any atom is 0.321 e. The van der Waals surface area contributed by atoms with Crippen molar-refractivity contribution in [1.29, 1.82) is 0 Å². The van der Waals surface area contributed by atoms with Crippen LogP contribution >= 0.6 is 0 Å². The molecule has 0 radical (unpaired) electrons. The fourth-order valence-corrected chi connectivity index (χ4v) is 4.30. The van der Waals surface area contributed by atoms with E-state index in [2.05, 4.69) is 13.8 Å². The van der Waals surface area contributed by atoms with E-state index in [0.29, 0.717) is 18.4 Å². The van der Waals surface area contributed by atoms with E-state index in [1.807, 2.05) is 60.0 Å². The summed E-state index contributed by atoms with van der Waals surface area (Å²) in [5.74, 6) is -0.676. The molecule has 0 saturated heterocycles. The van der Waals surface area contributed by atoms with Gasteiger partial charge < -0.3 is 9.30 Å². The van der Waals surface area contributed by atoms with Crippen molar-refractivity contribution >= 4 is 28.9 Å². The van der Waals surface area contributed by atoms with Gasteiger partial charge in [0.2, 0.25) is 11.9 Å². The molecule has 6 heteroatoms. The van der Waals surface area contributed by atoms with Gasteiger partial charge in [0.05, 0.1) is 23.7 Å². The summed E-state index contributed by atoms with van der Waals surface area (Å²) in [5, 5.41) is 0. The first-order chi connectivity index (χ1) is 14.9. The lowest BCUT2D eigenvalue weighted by molar-refractivity contribution is -0.153. The minimum Gasteiger partial charge on any atom is -0.465 e. The molecule has 1 aliphatic heterocycles. The second kappa shape index (κ2) is 8.53. The summed E-state index contributed by atoms with van der Waals surface area (Å²) < 4.78 is 7.44. The third-order valence-corrected chi connectivity index (χ3v) is 5.80. The van der Waals surface area contributed by atoms with Crippen LogP contribution in [0.2, 0.25) is 0 Å². The van der Waals surface area contributed by atoms with Crippen LogP contribution in [0.1, 0.15) is 44.4 Å². The topological polar surface area (TPSA) is 64.4 Å². The van der Waals surface area contributed by atoms with Crippen molar-refractivity contribution in [3.63, 3.8) is 0 Å². The van der Waals surface area contributed by atoms with Crippen LogP contribution in [0.15, 0.2) is 48.5 Å². The van der Waals surface area contributed by atoms with E-state index in [1.165, 1.54) is 0 Å². The molecule has 1 aromatic heterocycles. The van der Waals surface area contributed by atoms with Crippen molar-refractivity contribution in [3.05, 3.63) is 59.7 Å². The Hall–Kier alpha value is -3.15. The van der Waals surface area contributed by atoms with Gasteiger partial charge in [-0.1, -0.05) is 55.8 Å². The summed E-state index contributed by atoms with van der Waals surface area (Å²) in [5.41, 5.74) is 3.68. The molecule has 4 rings (SSSR count). The fourth-order valence-electron chi connectivity index (χ4n) is 4.30. The lowest BCUT2D eigenvalue weighted by atomic mass is 9.88. The third kappa shape index (κ3) is 3.82. The highest BCUT2D eigenvalue weighted by Crippen LogP contribution is 2.41. The van der Waals surface area contributed by atoms with Gasteiger partial charge in [0, 0.05) is 6.54 Å². The minimum atomic E-state index is -0.959. The normalized spacial score (nSPS) is 18.5. The summed E-state index contributed by atoms with van der Waals surface area (Å²) in [4.78, 5) is 33.4. The zero-order valence-electron chi connectivity index (χ0n) is 18.5. The van der Waals surface area contributed by atoms with Crippen LogP contribution in [0.3, 0.4) is 0 Å². The summed E-state index contributed by atoms with van der Waals surface area (Å²) in [7, 11) is 0. The molecule has 2 aromatic carbocycles. The third-order valence-electron chi connectivity index (χ3n) is 5.80. The van der Waals surface area contributed by atoms with E-state index in [4.69, 9.17) is 9.72 Å². The number of aryl methyl sites for hydroxylation is 1. The molecule has 6 nitrogen and oxygen atoms in total. The van der Waals surface area contributed by atoms with Gasteiger partial charge in [0.15, 0.2) is 5.92 Å². The van der Waals surface area contributed by atoms with Crippen molar-refractivity contribution in [2.45, 2.75) is 40.2 Å². The molecular formula is C25H29N3O3. The number of esters is 1. The number of rotatable bonds is 6. The van der Waals surface area contributed by atoms with Gasteiger partial charge in [-0.2, -0.15) is 0 Å². The molecular weight excluding hydrogens is 390 g/mol. The van der Waals surface area contributed by atoms with Crippen molar-refractivity contribution < 1.29 is 14.3 Å². The zero-order chi connectivity index (χ0) is 22.1. The molecule has 1 amide bonds. The highest BCUT2D eigenvalue weighted by Gasteiger charge is 2.47. The van der Waals surface area contributed by atoms with Crippen LogP contribution in [0, 0.1) is 18.8 Å².